The number of nitrogens with one attached hydrogen (secondary N) is 1. The first-order chi connectivity index (χ1) is 7.76. The van der Waals surface area contributed by atoms with Gasteiger partial charge < -0.3 is 10.4 Å². The monoisotopic (exact) mass is 243 g/mol. The number of carbonyl (C=O) groups excluding carboxylic acids is 1. The van der Waals surface area contributed by atoms with E-state index in [1.807, 2.05) is 13.8 Å². The molecule has 1 atom stereocenters. The van der Waals surface area contributed by atoms with Crippen LogP contribution in [0.1, 0.15) is 59.8 Å². The highest BCUT2D eigenvalue weighted by atomic mass is 16.4. The Morgan fingerprint density at radius 1 is 1.35 bits per heavy atom. The molecule has 0 aromatic rings. The van der Waals surface area contributed by atoms with Crippen molar-refractivity contribution in [2.75, 3.05) is 0 Å². The highest BCUT2D eigenvalue weighted by molar-refractivity contribution is 5.77. The van der Waals surface area contributed by atoms with Gasteiger partial charge in [-0.15, -0.1) is 0 Å². The van der Waals surface area contributed by atoms with Crippen molar-refractivity contribution >= 4 is 11.9 Å². The van der Waals surface area contributed by atoms with E-state index in [2.05, 4.69) is 19.2 Å². The van der Waals surface area contributed by atoms with Crippen LogP contribution < -0.4 is 5.32 Å². The molecule has 1 amide bonds. The Morgan fingerprint density at radius 2 is 1.94 bits per heavy atom. The third-order valence-electron chi connectivity index (χ3n) is 2.76. The molecule has 1 unspecified atom stereocenters. The third kappa shape index (κ3) is 8.72. The summed E-state index contributed by atoms with van der Waals surface area (Å²) in [6.45, 7) is 7.88. The third-order valence-corrected chi connectivity index (χ3v) is 2.76. The number of carbonyl (C=O) groups is 2. The van der Waals surface area contributed by atoms with Crippen LogP contribution >= 0.6 is 0 Å². The molecule has 0 aromatic carbocycles. The molecule has 0 aliphatic heterocycles. The molecule has 0 fully saturated rings. The van der Waals surface area contributed by atoms with E-state index in [4.69, 9.17) is 5.11 Å². The van der Waals surface area contributed by atoms with Crippen LogP contribution in [0.25, 0.3) is 0 Å². The highest BCUT2D eigenvalue weighted by Gasteiger charge is 2.22. The predicted molar refractivity (Wildman–Crippen MR) is 67.8 cm³/mol. The minimum atomic E-state index is -0.827. The molecule has 4 heteroatoms. The van der Waals surface area contributed by atoms with Gasteiger partial charge in [-0.25, -0.2) is 0 Å². The molecule has 4 nitrogen and oxygen atoms in total. The summed E-state index contributed by atoms with van der Waals surface area (Å²) in [5, 5.41) is 11.5. The molecule has 0 bridgehead atoms. The summed E-state index contributed by atoms with van der Waals surface area (Å²) in [6.07, 6.45) is 3.18. The van der Waals surface area contributed by atoms with Gasteiger partial charge in [0.05, 0.1) is 0 Å². The number of hydrogen-bond acceptors (Lipinski definition) is 2. The second-order valence-corrected chi connectivity index (χ2v) is 5.42. The summed E-state index contributed by atoms with van der Waals surface area (Å²) >= 11 is 0. The Kier molecular flexibility index (Phi) is 6.85. The van der Waals surface area contributed by atoms with Crippen molar-refractivity contribution in [2.24, 2.45) is 5.92 Å². The lowest BCUT2D eigenvalue weighted by Crippen LogP contribution is -2.44. The first-order valence-electron chi connectivity index (χ1n) is 6.29. The van der Waals surface area contributed by atoms with Crippen molar-refractivity contribution in [1.29, 1.82) is 0 Å². The fraction of sp³-hybridized carbons (Fsp3) is 0.846. The van der Waals surface area contributed by atoms with Gasteiger partial charge >= 0.3 is 5.97 Å². The SMILES string of the molecule is CCCC(C)CC(=O)NC(C)(C)CCC(=O)O. The van der Waals surface area contributed by atoms with Crippen LogP contribution in [0.2, 0.25) is 0 Å². The van der Waals surface area contributed by atoms with Crippen LogP contribution in [0, 0.1) is 5.92 Å². The topological polar surface area (TPSA) is 66.4 Å². The summed E-state index contributed by atoms with van der Waals surface area (Å²) in [4.78, 5) is 22.2. The molecule has 17 heavy (non-hydrogen) atoms. The van der Waals surface area contributed by atoms with Crippen molar-refractivity contribution in [2.45, 2.75) is 65.3 Å². The summed E-state index contributed by atoms with van der Waals surface area (Å²) in [7, 11) is 0. The Morgan fingerprint density at radius 3 is 2.41 bits per heavy atom. The average molecular weight is 243 g/mol. The van der Waals surface area contributed by atoms with Crippen molar-refractivity contribution in [1.82, 2.24) is 5.32 Å². The number of amides is 1. The van der Waals surface area contributed by atoms with Crippen LogP contribution in [0.3, 0.4) is 0 Å². The summed E-state index contributed by atoms with van der Waals surface area (Å²) in [5.74, 6) is -0.428. The number of carboxylic acid groups (broad SMARTS) is 1. The minimum absolute atomic E-state index is 0.0151. The largest absolute Gasteiger partial charge is 0.481 e. The van der Waals surface area contributed by atoms with Crippen molar-refractivity contribution in [3.8, 4) is 0 Å². The van der Waals surface area contributed by atoms with Gasteiger partial charge in [-0.05, 0) is 26.2 Å². The maximum atomic E-state index is 11.7. The molecule has 0 aliphatic rings. The summed E-state index contributed by atoms with van der Waals surface area (Å²) < 4.78 is 0. The fourth-order valence-electron chi connectivity index (χ4n) is 1.82. The first-order valence-corrected chi connectivity index (χ1v) is 6.29. The number of aliphatic carboxylic acids is 1. The van der Waals surface area contributed by atoms with E-state index in [1.54, 1.807) is 0 Å². The second kappa shape index (κ2) is 7.30. The van der Waals surface area contributed by atoms with E-state index in [1.165, 1.54) is 0 Å². The summed E-state index contributed by atoms with van der Waals surface area (Å²) in [6, 6.07) is 0. The standard InChI is InChI=1S/C13H25NO3/c1-5-6-10(2)9-11(15)14-13(3,4)8-7-12(16)17/h10H,5-9H2,1-4H3,(H,14,15)(H,16,17). The highest BCUT2D eigenvalue weighted by Crippen LogP contribution is 2.14. The van der Waals surface area contributed by atoms with E-state index >= 15 is 0 Å². The van der Waals surface area contributed by atoms with Gasteiger partial charge in [0.2, 0.25) is 5.91 Å². The van der Waals surface area contributed by atoms with Gasteiger partial charge in [0.25, 0.3) is 0 Å². The van der Waals surface area contributed by atoms with Crippen LogP contribution in [0.5, 0.6) is 0 Å². The molecule has 100 valence electrons. The minimum Gasteiger partial charge on any atom is -0.481 e. The quantitative estimate of drug-likeness (QED) is 0.688. The average Bonchev–Trinajstić information content (AvgIpc) is 2.14. The number of hydrogen-bond donors (Lipinski definition) is 2. The molecule has 0 radical (unpaired) electrons. The maximum absolute atomic E-state index is 11.7. The molecule has 0 saturated carbocycles. The van der Waals surface area contributed by atoms with Crippen molar-refractivity contribution in [3.05, 3.63) is 0 Å². The van der Waals surface area contributed by atoms with E-state index in [-0.39, 0.29) is 12.3 Å². The summed E-state index contributed by atoms with van der Waals surface area (Å²) in [5.41, 5.74) is -0.443. The van der Waals surface area contributed by atoms with E-state index in [0.29, 0.717) is 18.8 Å². The number of rotatable bonds is 8. The Bertz CT molecular complexity index is 261. The van der Waals surface area contributed by atoms with Crippen LogP contribution in [-0.2, 0) is 9.59 Å². The van der Waals surface area contributed by atoms with Gasteiger partial charge in [-0.3, -0.25) is 9.59 Å². The van der Waals surface area contributed by atoms with Gasteiger partial charge in [-0.1, -0.05) is 26.7 Å². The molecule has 0 heterocycles. The zero-order valence-corrected chi connectivity index (χ0v) is 11.4. The van der Waals surface area contributed by atoms with Crippen LogP contribution in [-0.4, -0.2) is 22.5 Å². The van der Waals surface area contributed by atoms with E-state index < -0.39 is 11.5 Å². The normalized spacial score (nSPS) is 13.2. The molecular formula is C13H25NO3. The Labute approximate surface area is 104 Å². The second-order valence-electron chi connectivity index (χ2n) is 5.42. The molecule has 0 aromatic heterocycles. The smallest absolute Gasteiger partial charge is 0.303 e. The Hall–Kier alpha value is -1.06. The molecule has 0 aliphatic carbocycles. The molecule has 0 saturated heterocycles. The van der Waals surface area contributed by atoms with E-state index in [9.17, 15) is 9.59 Å². The van der Waals surface area contributed by atoms with Gasteiger partial charge in [0, 0.05) is 18.4 Å². The molecule has 2 N–H and O–H groups in total. The zero-order valence-electron chi connectivity index (χ0n) is 11.4. The first kappa shape index (κ1) is 15.9. The molecule has 0 rings (SSSR count). The maximum Gasteiger partial charge on any atom is 0.303 e. The predicted octanol–water partition coefficient (Wildman–Crippen LogP) is 2.57. The van der Waals surface area contributed by atoms with Crippen molar-refractivity contribution < 1.29 is 14.7 Å². The van der Waals surface area contributed by atoms with Crippen LogP contribution in [0.15, 0.2) is 0 Å². The molecular weight excluding hydrogens is 218 g/mol. The lowest BCUT2D eigenvalue weighted by molar-refractivity contribution is -0.137. The fourth-order valence-corrected chi connectivity index (χ4v) is 1.82. The lowest BCUT2D eigenvalue weighted by atomic mass is 9.96. The van der Waals surface area contributed by atoms with E-state index in [0.717, 1.165) is 12.8 Å². The van der Waals surface area contributed by atoms with Crippen molar-refractivity contribution in [3.63, 3.8) is 0 Å². The Balaban J connectivity index is 4.03. The zero-order chi connectivity index (χ0) is 13.5. The van der Waals surface area contributed by atoms with Gasteiger partial charge in [-0.2, -0.15) is 0 Å². The van der Waals surface area contributed by atoms with Gasteiger partial charge in [0.15, 0.2) is 0 Å². The van der Waals surface area contributed by atoms with Gasteiger partial charge in [0.1, 0.15) is 0 Å². The van der Waals surface area contributed by atoms with Crippen LogP contribution in [0.4, 0.5) is 0 Å². The number of carboxylic acids is 1. The lowest BCUT2D eigenvalue weighted by Gasteiger charge is -2.26. The molecule has 0 spiro atoms.